The fraction of sp³-hybridized carbons (Fsp3) is 0.200. The van der Waals surface area contributed by atoms with Crippen molar-refractivity contribution in [3.63, 3.8) is 0 Å². The summed E-state index contributed by atoms with van der Waals surface area (Å²) in [6.07, 6.45) is 0. The number of aliphatic hydroxyl groups excluding tert-OH is 1. The molecule has 164 valence electrons. The molecule has 1 fully saturated rings. The van der Waals surface area contributed by atoms with Gasteiger partial charge in [0.25, 0.3) is 11.7 Å². The number of ether oxygens (including phenoxy) is 2. The largest absolute Gasteiger partial charge is 0.507 e. The number of Topliss-reactive ketones (excluding diaryl/α,β-unsaturated/α-hetero) is 1. The molecule has 32 heavy (non-hydrogen) atoms. The van der Waals surface area contributed by atoms with Crippen LogP contribution < -0.4 is 9.47 Å². The Hall–Kier alpha value is -3.58. The smallest absolute Gasteiger partial charge is 0.295 e. The Morgan fingerprint density at radius 2 is 1.84 bits per heavy atom. The van der Waals surface area contributed by atoms with Gasteiger partial charge in [0.2, 0.25) is 0 Å². The molecular formula is C25H23NO5S. The molecule has 0 bridgehead atoms. The number of benzene rings is 2. The highest BCUT2D eigenvalue weighted by Crippen LogP contribution is 2.42. The molecule has 2 aromatic carbocycles. The van der Waals surface area contributed by atoms with Crippen LogP contribution in [0.25, 0.3) is 5.76 Å². The Morgan fingerprint density at radius 3 is 2.56 bits per heavy atom. The number of rotatable bonds is 7. The number of amides is 1. The Labute approximate surface area is 190 Å². The lowest BCUT2D eigenvalue weighted by Crippen LogP contribution is -2.28. The summed E-state index contributed by atoms with van der Waals surface area (Å²) in [6, 6.07) is 17.3. The van der Waals surface area contributed by atoms with Crippen molar-refractivity contribution in [3.05, 3.63) is 87.6 Å². The molecule has 0 spiro atoms. The first-order chi connectivity index (χ1) is 15.5. The van der Waals surface area contributed by atoms with Gasteiger partial charge in [-0.2, -0.15) is 0 Å². The van der Waals surface area contributed by atoms with Crippen molar-refractivity contribution in [3.8, 4) is 11.5 Å². The molecule has 1 N–H and O–H groups in total. The molecule has 6 nitrogen and oxygen atoms in total. The van der Waals surface area contributed by atoms with Crippen LogP contribution >= 0.6 is 11.3 Å². The lowest BCUT2D eigenvalue weighted by Gasteiger charge is -2.24. The van der Waals surface area contributed by atoms with Gasteiger partial charge in [0.15, 0.2) is 0 Å². The average molecular weight is 450 g/mol. The second-order valence-electron chi connectivity index (χ2n) is 7.25. The Kier molecular flexibility index (Phi) is 6.28. The summed E-state index contributed by atoms with van der Waals surface area (Å²) in [5.74, 6) is -0.315. The van der Waals surface area contributed by atoms with Gasteiger partial charge in [-0.1, -0.05) is 30.3 Å². The van der Waals surface area contributed by atoms with Crippen LogP contribution in [0.1, 0.15) is 29.0 Å². The zero-order chi connectivity index (χ0) is 22.7. The number of ketones is 1. The molecule has 0 radical (unpaired) electrons. The molecule has 1 amide bonds. The van der Waals surface area contributed by atoms with Gasteiger partial charge in [0, 0.05) is 17.0 Å². The number of hydrogen-bond acceptors (Lipinski definition) is 6. The van der Waals surface area contributed by atoms with Crippen LogP contribution in [-0.4, -0.2) is 35.4 Å². The van der Waals surface area contributed by atoms with Gasteiger partial charge in [-0.25, -0.2) is 0 Å². The monoisotopic (exact) mass is 449 g/mol. The van der Waals surface area contributed by atoms with E-state index < -0.39 is 17.7 Å². The predicted molar refractivity (Wildman–Crippen MR) is 123 cm³/mol. The van der Waals surface area contributed by atoms with Crippen LogP contribution in [0.2, 0.25) is 0 Å². The van der Waals surface area contributed by atoms with E-state index in [0.29, 0.717) is 23.7 Å². The van der Waals surface area contributed by atoms with E-state index in [2.05, 4.69) is 0 Å². The summed E-state index contributed by atoms with van der Waals surface area (Å²) in [4.78, 5) is 28.5. The fourth-order valence-electron chi connectivity index (χ4n) is 3.81. The van der Waals surface area contributed by atoms with E-state index in [-0.39, 0.29) is 17.9 Å². The van der Waals surface area contributed by atoms with Crippen LogP contribution in [0.15, 0.2) is 71.6 Å². The lowest BCUT2D eigenvalue weighted by molar-refractivity contribution is -0.140. The maximum absolute atomic E-state index is 13.1. The van der Waals surface area contributed by atoms with Gasteiger partial charge < -0.3 is 19.5 Å². The molecule has 0 aliphatic carbocycles. The van der Waals surface area contributed by atoms with Crippen molar-refractivity contribution in [2.75, 3.05) is 13.7 Å². The number of methoxy groups -OCH3 is 1. The molecule has 1 saturated heterocycles. The minimum atomic E-state index is -0.703. The third kappa shape index (κ3) is 4.11. The molecule has 1 aliphatic heterocycles. The normalized spacial score (nSPS) is 17.6. The van der Waals surface area contributed by atoms with E-state index in [1.807, 2.05) is 48.7 Å². The Balaban J connectivity index is 1.79. The fourth-order valence-corrected chi connectivity index (χ4v) is 4.65. The van der Waals surface area contributed by atoms with E-state index in [0.717, 1.165) is 10.4 Å². The number of carbonyl (C=O) groups excluding carboxylic acids is 2. The summed E-state index contributed by atoms with van der Waals surface area (Å²) < 4.78 is 10.8. The summed E-state index contributed by atoms with van der Waals surface area (Å²) in [5.41, 5.74) is 1.33. The minimum Gasteiger partial charge on any atom is -0.507 e. The highest BCUT2D eigenvalue weighted by molar-refractivity contribution is 7.10. The van der Waals surface area contributed by atoms with E-state index in [1.54, 1.807) is 31.4 Å². The van der Waals surface area contributed by atoms with Crippen molar-refractivity contribution in [1.29, 1.82) is 0 Å². The number of hydrogen-bond donors (Lipinski definition) is 1. The number of nitrogens with zero attached hydrogens (tertiary/aromatic N) is 1. The molecule has 4 rings (SSSR count). The first kappa shape index (κ1) is 21.6. The number of thiophene rings is 1. The molecule has 0 saturated carbocycles. The zero-order valence-corrected chi connectivity index (χ0v) is 18.6. The van der Waals surface area contributed by atoms with Crippen LogP contribution in [0.4, 0.5) is 0 Å². The first-order valence-electron chi connectivity index (χ1n) is 10.2. The summed E-state index contributed by atoms with van der Waals surface area (Å²) in [5, 5.41) is 13.0. The molecule has 1 aromatic heterocycles. The second kappa shape index (κ2) is 9.28. The summed E-state index contributed by atoms with van der Waals surface area (Å²) >= 11 is 1.43. The minimum absolute atomic E-state index is 0.0778. The number of aliphatic hydroxyl groups is 1. The quantitative estimate of drug-likeness (QED) is 0.319. The van der Waals surface area contributed by atoms with Gasteiger partial charge >= 0.3 is 0 Å². The molecular weight excluding hydrogens is 426 g/mol. The summed E-state index contributed by atoms with van der Waals surface area (Å²) in [7, 11) is 1.58. The maximum atomic E-state index is 13.1. The second-order valence-corrected chi connectivity index (χ2v) is 8.23. The predicted octanol–water partition coefficient (Wildman–Crippen LogP) is 4.78. The standard InChI is InChI=1S/C25H23NO5S/c1-3-31-19-10-5-8-17(14-19)23(27)21-22(20-11-6-12-32-20)26(25(29)24(21)28)15-16-7-4-9-18(13-16)30-2/h4-14,22,27H,3,15H2,1-2H3/b23-21-. The number of likely N-dealkylation sites (tertiary alicyclic amines) is 1. The highest BCUT2D eigenvalue weighted by atomic mass is 32.1. The van der Waals surface area contributed by atoms with Crippen LogP contribution in [-0.2, 0) is 16.1 Å². The topological polar surface area (TPSA) is 76.1 Å². The number of carbonyl (C=O) groups is 2. The highest BCUT2D eigenvalue weighted by Gasteiger charge is 2.46. The van der Waals surface area contributed by atoms with Crippen LogP contribution in [0.3, 0.4) is 0 Å². The Bertz CT molecular complexity index is 1170. The van der Waals surface area contributed by atoms with Gasteiger partial charge in [-0.15, -0.1) is 11.3 Å². The molecule has 1 atom stereocenters. The third-order valence-electron chi connectivity index (χ3n) is 5.26. The zero-order valence-electron chi connectivity index (χ0n) is 17.8. The van der Waals surface area contributed by atoms with Crippen LogP contribution in [0.5, 0.6) is 11.5 Å². The van der Waals surface area contributed by atoms with Crippen molar-refractivity contribution in [1.82, 2.24) is 4.90 Å². The van der Waals surface area contributed by atoms with Gasteiger partial charge in [0.05, 0.1) is 25.3 Å². The van der Waals surface area contributed by atoms with Crippen molar-refractivity contribution < 1.29 is 24.2 Å². The molecule has 3 aromatic rings. The van der Waals surface area contributed by atoms with E-state index >= 15 is 0 Å². The maximum Gasteiger partial charge on any atom is 0.295 e. The molecule has 7 heteroatoms. The molecule has 1 aliphatic rings. The lowest BCUT2D eigenvalue weighted by atomic mass is 9.99. The van der Waals surface area contributed by atoms with Crippen molar-refractivity contribution in [2.24, 2.45) is 0 Å². The van der Waals surface area contributed by atoms with Crippen molar-refractivity contribution in [2.45, 2.75) is 19.5 Å². The van der Waals surface area contributed by atoms with Crippen molar-refractivity contribution >= 4 is 28.8 Å². The van der Waals surface area contributed by atoms with E-state index in [4.69, 9.17) is 9.47 Å². The average Bonchev–Trinajstić information content (AvgIpc) is 3.42. The molecule has 1 unspecified atom stereocenters. The third-order valence-corrected chi connectivity index (χ3v) is 6.18. The van der Waals surface area contributed by atoms with E-state index in [1.165, 1.54) is 16.2 Å². The molecule has 2 heterocycles. The van der Waals surface area contributed by atoms with Crippen LogP contribution in [0, 0.1) is 0 Å². The van der Waals surface area contributed by atoms with Gasteiger partial charge in [-0.05, 0) is 48.2 Å². The first-order valence-corrected chi connectivity index (χ1v) is 11.1. The van der Waals surface area contributed by atoms with E-state index in [9.17, 15) is 14.7 Å². The summed E-state index contributed by atoms with van der Waals surface area (Å²) in [6.45, 7) is 2.55. The SMILES string of the molecule is CCOc1cccc(/C(O)=C2/C(=O)C(=O)N(Cc3cccc(OC)c3)C2c2cccs2)c1. The Morgan fingerprint density at radius 1 is 1.06 bits per heavy atom. The van der Waals surface area contributed by atoms with Gasteiger partial charge in [-0.3, -0.25) is 9.59 Å². The van der Waals surface area contributed by atoms with Gasteiger partial charge in [0.1, 0.15) is 17.3 Å².